The fourth-order valence-electron chi connectivity index (χ4n) is 1.94. The summed E-state index contributed by atoms with van der Waals surface area (Å²) in [6, 6.07) is 4.52. The Bertz CT molecular complexity index is 336. The Hall–Kier alpha value is -0.870. The fourth-order valence-corrected chi connectivity index (χ4v) is 2.68. The van der Waals surface area contributed by atoms with Gasteiger partial charge in [0.1, 0.15) is 0 Å². The van der Waals surface area contributed by atoms with Crippen LogP contribution in [0.3, 0.4) is 0 Å². The van der Waals surface area contributed by atoms with E-state index < -0.39 is 5.97 Å². The number of aliphatic carboxylic acids is 1. The maximum Gasteiger partial charge on any atom is 0.308 e. The first kappa shape index (κ1) is 10.6. The first-order valence-electron chi connectivity index (χ1n) is 5.20. The van der Waals surface area contributed by atoms with E-state index in [-0.39, 0.29) is 18.0 Å². The first-order valence-corrected chi connectivity index (χ1v) is 6.08. The van der Waals surface area contributed by atoms with Gasteiger partial charge in [-0.1, -0.05) is 6.07 Å². The highest BCUT2D eigenvalue weighted by atomic mass is 32.1. The Morgan fingerprint density at radius 1 is 1.67 bits per heavy atom. The van der Waals surface area contributed by atoms with Crippen LogP contribution in [0.1, 0.15) is 30.7 Å². The van der Waals surface area contributed by atoms with Crippen LogP contribution in [0.15, 0.2) is 17.5 Å². The fraction of sp³-hybridized carbons (Fsp3) is 0.545. The van der Waals surface area contributed by atoms with Crippen LogP contribution < -0.4 is 5.32 Å². The maximum atomic E-state index is 10.8. The van der Waals surface area contributed by atoms with Gasteiger partial charge in [-0.25, -0.2) is 0 Å². The average molecular weight is 225 g/mol. The third-order valence-corrected chi connectivity index (χ3v) is 4.08. The van der Waals surface area contributed by atoms with E-state index in [0.717, 1.165) is 12.8 Å². The molecule has 0 amide bonds. The van der Waals surface area contributed by atoms with Gasteiger partial charge in [0.25, 0.3) is 0 Å². The second-order valence-corrected chi connectivity index (χ2v) is 5.01. The number of carboxylic acid groups (broad SMARTS) is 1. The molecule has 1 aromatic rings. The minimum Gasteiger partial charge on any atom is -0.481 e. The summed E-state index contributed by atoms with van der Waals surface area (Å²) in [6.45, 7) is 2.09. The van der Waals surface area contributed by atoms with E-state index >= 15 is 0 Å². The van der Waals surface area contributed by atoms with E-state index in [9.17, 15) is 4.79 Å². The number of nitrogens with one attached hydrogen (secondary N) is 1. The van der Waals surface area contributed by atoms with Crippen molar-refractivity contribution < 1.29 is 9.90 Å². The average Bonchev–Trinajstić information content (AvgIpc) is 2.63. The third-order valence-electron chi connectivity index (χ3n) is 3.03. The molecule has 2 rings (SSSR count). The summed E-state index contributed by atoms with van der Waals surface area (Å²) < 4.78 is 0. The van der Waals surface area contributed by atoms with Gasteiger partial charge in [-0.05, 0) is 31.2 Å². The number of rotatable bonds is 4. The molecule has 0 radical (unpaired) electrons. The molecular formula is C11H15NO2S. The molecule has 1 aliphatic rings. The van der Waals surface area contributed by atoms with Crippen LogP contribution in [0.25, 0.3) is 0 Å². The van der Waals surface area contributed by atoms with Crippen molar-refractivity contribution in [2.45, 2.75) is 31.8 Å². The van der Waals surface area contributed by atoms with Crippen molar-refractivity contribution in [1.29, 1.82) is 0 Å². The predicted octanol–water partition coefficient (Wildman–Crippen LogP) is 2.26. The van der Waals surface area contributed by atoms with Gasteiger partial charge in [0.05, 0.1) is 5.92 Å². The second-order valence-electron chi connectivity index (χ2n) is 4.03. The molecule has 4 heteroatoms. The highest BCUT2D eigenvalue weighted by molar-refractivity contribution is 7.10. The molecule has 1 aromatic heterocycles. The summed E-state index contributed by atoms with van der Waals surface area (Å²) in [6.07, 6.45) is 1.79. The van der Waals surface area contributed by atoms with E-state index in [1.54, 1.807) is 11.3 Å². The standard InChI is InChI=1S/C11H15NO2S/c1-7(10-3-2-6-15-10)12-9-5-4-8(9)11(13)14/h2-3,6-9,12H,4-5H2,1H3,(H,13,14)/t7-,8?,9?/m1/s1. The molecule has 82 valence electrons. The second kappa shape index (κ2) is 4.33. The van der Waals surface area contributed by atoms with Crippen molar-refractivity contribution in [2.24, 2.45) is 5.92 Å². The highest BCUT2D eigenvalue weighted by Crippen LogP contribution is 2.30. The molecule has 0 saturated heterocycles. The van der Waals surface area contributed by atoms with Crippen molar-refractivity contribution in [3.63, 3.8) is 0 Å². The van der Waals surface area contributed by atoms with Crippen LogP contribution in [0.4, 0.5) is 0 Å². The lowest BCUT2D eigenvalue weighted by molar-refractivity contribution is -0.146. The van der Waals surface area contributed by atoms with Crippen molar-refractivity contribution in [3.8, 4) is 0 Å². The Morgan fingerprint density at radius 2 is 2.47 bits per heavy atom. The minimum atomic E-state index is -0.669. The normalized spacial score (nSPS) is 27.0. The Balaban J connectivity index is 1.90. The Morgan fingerprint density at radius 3 is 2.93 bits per heavy atom. The zero-order valence-corrected chi connectivity index (χ0v) is 9.46. The zero-order valence-electron chi connectivity index (χ0n) is 8.64. The smallest absolute Gasteiger partial charge is 0.308 e. The van der Waals surface area contributed by atoms with Crippen LogP contribution in [-0.4, -0.2) is 17.1 Å². The summed E-state index contributed by atoms with van der Waals surface area (Å²) in [5.74, 6) is -0.857. The number of carboxylic acids is 1. The number of hydrogen-bond donors (Lipinski definition) is 2. The SMILES string of the molecule is C[C@@H](NC1CCC1C(=O)O)c1cccs1. The van der Waals surface area contributed by atoms with Gasteiger partial charge in [-0.15, -0.1) is 11.3 Å². The van der Waals surface area contributed by atoms with E-state index in [1.807, 2.05) is 11.4 Å². The lowest BCUT2D eigenvalue weighted by Gasteiger charge is -2.36. The summed E-state index contributed by atoms with van der Waals surface area (Å²) in [5, 5.41) is 14.3. The van der Waals surface area contributed by atoms with Crippen molar-refractivity contribution >= 4 is 17.3 Å². The third kappa shape index (κ3) is 2.21. The largest absolute Gasteiger partial charge is 0.481 e. The topological polar surface area (TPSA) is 49.3 Å². The molecule has 3 nitrogen and oxygen atoms in total. The minimum absolute atomic E-state index is 0.152. The van der Waals surface area contributed by atoms with Gasteiger partial charge in [-0.2, -0.15) is 0 Å². The molecule has 0 aliphatic heterocycles. The summed E-state index contributed by atoms with van der Waals surface area (Å²) in [7, 11) is 0. The predicted molar refractivity (Wildman–Crippen MR) is 60.0 cm³/mol. The molecule has 0 bridgehead atoms. The molecule has 1 heterocycles. The maximum absolute atomic E-state index is 10.8. The quantitative estimate of drug-likeness (QED) is 0.826. The molecule has 1 aliphatic carbocycles. The van der Waals surface area contributed by atoms with Crippen LogP contribution in [-0.2, 0) is 4.79 Å². The monoisotopic (exact) mass is 225 g/mol. The summed E-state index contributed by atoms with van der Waals surface area (Å²) in [4.78, 5) is 12.1. The van der Waals surface area contributed by atoms with Crippen LogP contribution in [0, 0.1) is 5.92 Å². The molecule has 2 N–H and O–H groups in total. The van der Waals surface area contributed by atoms with Gasteiger partial charge >= 0.3 is 5.97 Å². The van der Waals surface area contributed by atoms with E-state index in [2.05, 4.69) is 18.3 Å². The molecule has 3 atom stereocenters. The molecule has 1 saturated carbocycles. The summed E-state index contributed by atoms with van der Waals surface area (Å²) >= 11 is 1.71. The lowest BCUT2D eigenvalue weighted by atomic mass is 9.79. The Labute approximate surface area is 93.1 Å². The van der Waals surface area contributed by atoms with Gasteiger partial charge in [0, 0.05) is 17.0 Å². The summed E-state index contributed by atoms with van der Waals surface area (Å²) in [5.41, 5.74) is 0. The highest BCUT2D eigenvalue weighted by Gasteiger charge is 2.37. The number of hydrogen-bond acceptors (Lipinski definition) is 3. The van der Waals surface area contributed by atoms with Crippen LogP contribution in [0.2, 0.25) is 0 Å². The van der Waals surface area contributed by atoms with Crippen molar-refractivity contribution in [1.82, 2.24) is 5.32 Å². The zero-order chi connectivity index (χ0) is 10.8. The molecule has 15 heavy (non-hydrogen) atoms. The number of carbonyl (C=O) groups is 1. The molecular weight excluding hydrogens is 210 g/mol. The van der Waals surface area contributed by atoms with E-state index in [1.165, 1.54) is 4.88 Å². The molecule has 0 aromatic carbocycles. The van der Waals surface area contributed by atoms with Crippen molar-refractivity contribution in [2.75, 3.05) is 0 Å². The van der Waals surface area contributed by atoms with Gasteiger partial charge in [-0.3, -0.25) is 4.79 Å². The van der Waals surface area contributed by atoms with Gasteiger partial charge in [0.2, 0.25) is 0 Å². The number of thiophene rings is 1. The lowest BCUT2D eigenvalue weighted by Crippen LogP contribution is -2.48. The first-order chi connectivity index (χ1) is 7.18. The van der Waals surface area contributed by atoms with E-state index in [4.69, 9.17) is 5.11 Å². The van der Waals surface area contributed by atoms with Gasteiger partial charge in [0.15, 0.2) is 0 Å². The Kier molecular flexibility index (Phi) is 3.07. The molecule has 0 spiro atoms. The van der Waals surface area contributed by atoms with Crippen LogP contribution in [0.5, 0.6) is 0 Å². The van der Waals surface area contributed by atoms with Gasteiger partial charge < -0.3 is 10.4 Å². The van der Waals surface area contributed by atoms with E-state index in [0.29, 0.717) is 0 Å². The molecule has 2 unspecified atom stereocenters. The molecule has 1 fully saturated rings. The van der Waals surface area contributed by atoms with Crippen molar-refractivity contribution in [3.05, 3.63) is 22.4 Å². The van der Waals surface area contributed by atoms with Crippen LogP contribution >= 0.6 is 11.3 Å².